The zero-order valence-corrected chi connectivity index (χ0v) is 4.89. The standard InChI is InChI=1S/C2H6N6O2/c3-1(4)6-8(7-10)2(5)9/h(H2,5,9)(H4,3,4,6). The largest absolute Gasteiger partial charge is 0.369 e. The van der Waals surface area contributed by atoms with E-state index in [4.69, 9.17) is 11.5 Å². The number of hydrogen-bond donors (Lipinski definition) is 3. The van der Waals surface area contributed by atoms with E-state index in [-0.39, 0.29) is 5.12 Å². The van der Waals surface area contributed by atoms with Crippen LogP contribution in [-0.4, -0.2) is 17.1 Å². The van der Waals surface area contributed by atoms with Crippen molar-refractivity contribution in [3.8, 4) is 0 Å². The van der Waals surface area contributed by atoms with Crippen LogP contribution in [-0.2, 0) is 0 Å². The fraction of sp³-hybridized carbons (Fsp3) is 0. The molecule has 8 nitrogen and oxygen atoms in total. The Kier molecular flexibility index (Phi) is 2.62. The third kappa shape index (κ3) is 2.45. The van der Waals surface area contributed by atoms with Gasteiger partial charge < -0.3 is 17.2 Å². The number of nitrogens with two attached hydrogens (primary N) is 3. The number of urea groups is 1. The summed E-state index contributed by atoms with van der Waals surface area (Å²) >= 11 is 0. The summed E-state index contributed by atoms with van der Waals surface area (Å²) < 4.78 is 0. The maximum absolute atomic E-state index is 10.1. The number of carbonyl (C=O) groups is 1. The minimum absolute atomic E-state index is 0.0370. The average Bonchev–Trinajstić information content (AvgIpc) is 1.81. The highest BCUT2D eigenvalue weighted by atomic mass is 16.3. The maximum atomic E-state index is 10.1. The molecular weight excluding hydrogens is 140 g/mol. The quantitative estimate of drug-likeness (QED) is 0.183. The van der Waals surface area contributed by atoms with E-state index >= 15 is 0 Å². The Morgan fingerprint density at radius 3 is 1.90 bits per heavy atom. The van der Waals surface area contributed by atoms with E-state index < -0.39 is 12.0 Å². The molecular formula is C2H6N6O2. The van der Waals surface area contributed by atoms with E-state index in [0.29, 0.717) is 0 Å². The van der Waals surface area contributed by atoms with Crippen LogP contribution in [0, 0.1) is 4.91 Å². The minimum Gasteiger partial charge on any atom is -0.369 e. The highest BCUT2D eigenvalue weighted by molar-refractivity contribution is 5.78. The summed E-state index contributed by atoms with van der Waals surface area (Å²) in [7, 11) is 0. The van der Waals surface area contributed by atoms with Gasteiger partial charge in [-0.1, -0.05) is 5.12 Å². The van der Waals surface area contributed by atoms with Gasteiger partial charge in [0.2, 0.25) is 5.96 Å². The fourth-order valence-electron chi connectivity index (χ4n) is 0.217. The van der Waals surface area contributed by atoms with Gasteiger partial charge in [-0.3, -0.25) is 0 Å². The van der Waals surface area contributed by atoms with E-state index in [2.05, 4.69) is 16.1 Å². The zero-order valence-electron chi connectivity index (χ0n) is 4.89. The van der Waals surface area contributed by atoms with Crippen molar-refractivity contribution in [1.29, 1.82) is 0 Å². The lowest BCUT2D eigenvalue weighted by Gasteiger charge is -2.00. The molecule has 0 heterocycles. The smallest absolute Gasteiger partial charge is 0.359 e. The molecule has 0 spiro atoms. The predicted molar refractivity (Wildman–Crippen MR) is 33.0 cm³/mol. The average molecular weight is 146 g/mol. The van der Waals surface area contributed by atoms with Crippen LogP contribution in [0.3, 0.4) is 0 Å². The van der Waals surface area contributed by atoms with Gasteiger partial charge in [-0.2, -0.15) is 0 Å². The zero-order chi connectivity index (χ0) is 8.15. The van der Waals surface area contributed by atoms with Crippen molar-refractivity contribution in [3.63, 3.8) is 0 Å². The fourth-order valence-corrected chi connectivity index (χ4v) is 0.217. The molecule has 0 aliphatic carbocycles. The topological polar surface area (TPSA) is 140 Å². The van der Waals surface area contributed by atoms with Crippen LogP contribution in [0.25, 0.3) is 0 Å². The molecule has 10 heavy (non-hydrogen) atoms. The third-order valence-corrected chi connectivity index (χ3v) is 0.485. The van der Waals surface area contributed by atoms with Gasteiger partial charge in [0, 0.05) is 0 Å². The number of primary amides is 1. The first-order valence-corrected chi connectivity index (χ1v) is 2.10. The SMILES string of the molecule is NC(=O)N(N=O)N=C(N)N. The monoisotopic (exact) mass is 146 g/mol. The lowest BCUT2D eigenvalue weighted by Crippen LogP contribution is -2.32. The number of hydrogen-bond acceptors (Lipinski definition) is 4. The van der Waals surface area contributed by atoms with Gasteiger partial charge in [-0.05, 0) is 0 Å². The molecule has 56 valence electrons. The Balaban J connectivity index is 4.23. The Morgan fingerprint density at radius 2 is 1.80 bits per heavy atom. The second-order valence-corrected chi connectivity index (χ2v) is 1.23. The van der Waals surface area contributed by atoms with Gasteiger partial charge in [0.1, 0.15) is 0 Å². The van der Waals surface area contributed by atoms with Crippen LogP contribution in [0.4, 0.5) is 4.79 Å². The van der Waals surface area contributed by atoms with Crippen LogP contribution in [0.15, 0.2) is 10.4 Å². The van der Waals surface area contributed by atoms with E-state index in [1.807, 2.05) is 0 Å². The lowest BCUT2D eigenvalue weighted by molar-refractivity contribution is 0.211. The van der Waals surface area contributed by atoms with Crippen molar-refractivity contribution < 1.29 is 4.79 Å². The summed E-state index contributed by atoms with van der Waals surface area (Å²) in [5, 5.41) is 5.07. The van der Waals surface area contributed by atoms with E-state index in [0.717, 1.165) is 0 Å². The van der Waals surface area contributed by atoms with Crippen molar-refractivity contribution in [2.45, 2.75) is 0 Å². The van der Waals surface area contributed by atoms with Crippen molar-refractivity contribution in [2.75, 3.05) is 0 Å². The molecule has 0 aromatic rings. The third-order valence-electron chi connectivity index (χ3n) is 0.485. The van der Waals surface area contributed by atoms with Crippen molar-refractivity contribution in [2.24, 2.45) is 27.6 Å². The highest BCUT2D eigenvalue weighted by Crippen LogP contribution is 1.86. The van der Waals surface area contributed by atoms with Gasteiger partial charge in [0.15, 0.2) is 0 Å². The van der Waals surface area contributed by atoms with Crippen LogP contribution >= 0.6 is 0 Å². The Hall–Kier alpha value is -1.86. The summed E-state index contributed by atoms with van der Waals surface area (Å²) in [6, 6.07) is -1.15. The molecule has 0 saturated carbocycles. The molecule has 0 aromatic carbocycles. The molecule has 8 heteroatoms. The van der Waals surface area contributed by atoms with E-state index in [1.54, 1.807) is 0 Å². The molecule has 0 radical (unpaired) electrons. The summed E-state index contributed by atoms with van der Waals surface area (Å²) in [5.74, 6) is -0.474. The number of hydrazone groups is 1. The molecule has 0 aliphatic rings. The molecule has 0 fully saturated rings. The minimum atomic E-state index is -1.15. The number of carbonyl (C=O) groups excluding carboxylic acids is 1. The Bertz CT molecular complexity index is 171. The summed E-state index contributed by atoms with van der Waals surface area (Å²) in [5.41, 5.74) is 14.1. The van der Waals surface area contributed by atoms with Crippen LogP contribution in [0.2, 0.25) is 0 Å². The van der Waals surface area contributed by atoms with Crippen molar-refractivity contribution >= 4 is 12.0 Å². The lowest BCUT2D eigenvalue weighted by atomic mass is 11.0. The second kappa shape index (κ2) is 3.22. The number of rotatable bonds is 2. The molecule has 0 bridgehead atoms. The number of nitrogens with zero attached hydrogens (tertiary/aromatic N) is 3. The molecule has 0 unspecified atom stereocenters. The second-order valence-electron chi connectivity index (χ2n) is 1.23. The van der Waals surface area contributed by atoms with Crippen LogP contribution in [0.5, 0.6) is 0 Å². The summed E-state index contributed by atoms with van der Waals surface area (Å²) in [6.45, 7) is 0. The number of nitroso groups, excluding NO2 is 1. The Morgan fingerprint density at radius 1 is 1.30 bits per heavy atom. The van der Waals surface area contributed by atoms with Gasteiger partial charge in [-0.25, -0.2) is 4.79 Å². The maximum Gasteiger partial charge on any atom is 0.359 e. The van der Waals surface area contributed by atoms with Crippen molar-refractivity contribution in [1.82, 2.24) is 5.12 Å². The number of guanidine groups is 1. The summed E-state index contributed by atoms with van der Waals surface area (Å²) in [4.78, 5) is 19.7. The van der Waals surface area contributed by atoms with Crippen LogP contribution in [0.1, 0.15) is 0 Å². The van der Waals surface area contributed by atoms with E-state index in [1.165, 1.54) is 0 Å². The van der Waals surface area contributed by atoms with Gasteiger partial charge in [0.05, 0.1) is 5.29 Å². The molecule has 0 rings (SSSR count). The molecule has 0 aromatic heterocycles. The highest BCUT2D eigenvalue weighted by Gasteiger charge is 2.06. The van der Waals surface area contributed by atoms with Gasteiger partial charge >= 0.3 is 6.03 Å². The van der Waals surface area contributed by atoms with Crippen molar-refractivity contribution in [3.05, 3.63) is 4.91 Å². The predicted octanol–water partition coefficient (Wildman–Crippen LogP) is -1.76. The Labute approximate surface area is 55.6 Å². The first-order valence-electron chi connectivity index (χ1n) is 2.10. The molecule has 0 atom stereocenters. The van der Waals surface area contributed by atoms with Gasteiger partial charge in [-0.15, -0.1) is 10.0 Å². The molecule has 0 saturated heterocycles. The normalized spacial score (nSPS) is 8.00. The molecule has 6 N–H and O–H groups in total. The number of amides is 2. The van der Waals surface area contributed by atoms with E-state index in [9.17, 15) is 9.70 Å². The van der Waals surface area contributed by atoms with Crippen LogP contribution < -0.4 is 17.2 Å². The van der Waals surface area contributed by atoms with Gasteiger partial charge in [0.25, 0.3) is 0 Å². The summed E-state index contributed by atoms with van der Waals surface area (Å²) in [6.07, 6.45) is 0. The molecule has 0 aliphatic heterocycles. The first-order chi connectivity index (χ1) is 4.57. The first kappa shape index (κ1) is 8.14. The molecule has 2 amide bonds.